The van der Waals surface area contributed by atoms with Gasteiger partial charge in [0.2, 0.25) is 5.91 Å². The van der Waals surface area contributed by atoms with Gasteiger partial charge < -0.3 is 15.4 Å². The third-order valence-electron chi connectivity index (χ3n) is 2.70. The van der Waals surface area contributed by atoms with Gasteiger partial charge in [-0.3, -0.25) is 10.1 Å². The number of rotatable bonds is 5. The zero-order valence-electron chi connectivity index (χ0n) is 8.88. The number of primary amides is 1. The first-order valence-electron chi connectivity index (χ1n) is 4.83. The first kappa shape index (κ1) is 11.4. The van der Waals surface area contributed by atoms with Crippen LogP contribution >= 0.6 is 0 Å². The third kappa shape index (κ3) is 2.43. The van der Waals surface area contributed by atoms with Crippen LogP contribution in [0.25, 0.3) is 0 Å². The van der Waals surface area contributed by atoms with Crippen LogP contribution in [0.2, 0.25) is 0 Å². The van der Waals surface area contributed by atoms with Crippen molar-refractivity contribution in [3.05, 3.63) is 0 Å². The summed E-state index contributed by atoms with van der Waals surface area (Å²) in [6.45, 7) is 2.85. The number of amides is 1. The monoisotopic (exact) mass is 201 g/mol. The number of nitrogens with two attached hydrogens (primary N) is 1. The summed E-state index contributed by atoms with van der Waals surface area (Å²) in [5, 5.41) is 3.18. The van der Waals surface area contributed by atoms with E-state index in [2.05, 4.69) is 10.2 Å². The zero-order valence-corrected chi connectivity index (χ0v) is 8.88. The molecule has 1 atom stereocenters. The van der Waals surface area contributed by atoms with Gasteiger partial charge in [-0.2, -0.15) is 0 Å². The molecule has 5 heteroatoms. The number of hydrogen-bond donors (Lipinski definition) is 2. The Morgan fingerprint density at radius 2 is 2.43 bits per heavy atom. The molecule has 0 saturated carbocycles. The maximum atomic E-state index is 11.4. The van der Waals surface area contributed by atoms with E-state index in [-0.39, 0.29) is 5.91 Å². The average Bonchev–Trinajstić information content (AvgIpc) is 2.49. The molecule has 3 N–H and O–H groups in total. The smallest absolute Gasteiger partial charge is 0.239 e. The van der Waals surface area contributed by atoms with Crippen LogP contribution in [0.3, 0.4) is 0 Å². The second kappa shape index (κ2) is 4.72. The number of carbonyl (C=O) groups excluding carboxylic acids is 1. The van der Waals surface area contributed by atoms with E-state index in [0.717, 1.165) is 13.0 Å². The number of ether oxygens (including phenoxy) is 1. The number of nitrogens with zero attached hydrogens (tertiary/aromatic N) is 1. The molecule has 0 radical (unpaired) electrons. The van der Waals surface area contributed by atoms with Gasteiger partial charge in [-0.1, -0.05) is 0 Å². The number of carbonyl (C=O) groups is 1. The number of likely N-dealkylation sites (N-methyl/N-ethyl adjacent to an activating group) is 1. The van der Waals surface area contributed by atoms with Gasteiger partial charge in [-0.25, -0.2) is 0 Å². The Hall–Kier alpha value is -0.650. The molecule has 0 aromatic heterocycles. The minimum Gasteiger partial charge on any atom is -0.383 e. The highest BCUT2D eigenvalue weighted by Crippen LogP contribution is 2.19. The number of nitrogens with one attached hydrogen (secondary N) is 1. The minimum atomic E-state index is -0.548. The Labute approximate surface area is 84.6 Å². The molecule has 0 bridgehead atoms. The molecule has 1 rings (SSSR count). The molecule has 1 unspecified atom stereocenters. The average molecular weight is 201 g/mol. The minimum absolute atomic E-state index is 0.266. The highest BCUT2D eigenvalue weighted by atomic mass is 16.5. The van der Waals surface area contributed by atoms with Crippen molar-refractivity contribution in [2.45, 2.75) is 12.0 Å². The number of methoxy groups -OCH3 is 1. The first-order valence-corrected chi connectivity index (χ1v) is 4.83. The molecule has 0 aromatic carbocycles. The molecule has 0 spiro atoms. The van der Waals surface area contributed by atoms with Crippen molar-refractivity contribution in [3.8, 4) is 0 Å². The standard InChI is InChI=1S/C9H19N3O2/c1-12-5-3-9(7-12,8(10)13)11-4-6-14-2/h11H,3-7H2,1-2H3,(H2,10,13). The fraction of sp³-hybridized carbons (Fsp3) is 0.889. The van der Waals surface area contributed by atoms with Gasteiger partial charge in [0, 0.05) is 26.7 Å². The summed E-state index contributed by atoms with van der Waals surface area (Å²) in [5.41, 5.74) is 4.86. The Balaban J connectivity index is 2.50. The molecule has 1 aliphatic heterocycles. The molecule has 0 aliphatic carbocycles. The van der Waals surface area contributed by atoms with Crippen molar-refractivity contribution in [1.82, 2.24) is 10.2 Å². The first-order chi connectivity index (χ1) is 6.60. The van der Waals surface area contributed by atoms with Crippen LogP contribution in [0.15, 0.2) is 0 Å². The predicted molar refractivity (Wildman–Crippen MR) is 53.9 cm³/mol. The van der Waals surface area contributed by atoms with Crippen LogP contribution in [0.1, 0.15) is 6.42 Å². The van der Waals surface area contributed by atoms with E-state index in [4.69, 9.17) is 10.5 Å². The molecule has 1 heterocycles. The third-order valence-corrected chi connectivity index (χ3v) is 2.70. The SMILES string of the molecule is COCCNC1(C(N)=O)CCN(C)C1. The van der Waals surface area contributed by atoms with Crippen LogP contribution in [-0.4, -0.2) is 56.7 Å². The van der Waals surface area contributed by atoms with E-state index in [1.54, 1.807) is 7.11 Å². The van der Waals surface area contributed by atoms with E-state index >= 15 is 0 Å². The van der Waals surface area contributed by atoms with Crippen LogP contribution in [0.4, 0.5) is 0 Å². The Morgan fingerprint density at radius 1 is 1.71 bits per heavy atom. The highest BCUT2D eigenvalue weighted by Gasteiger charge is 2.41. The second-order valence-electron chi connectivity index (χ2n) is 3.85. The molecule has 0 aromatic rings. The van der Waals surface area contributed by atoms with E-state index in [1.807, 2.05) is 7.05 Å². The van der Waals surface area contributed by atoms with Crippen LogP contribution < -0.4 is 11.1 Å². The van der Waals surface area contributed by atoms with Crippen molar-refractivity contribution >= 4 is 5.91 Å². The normalized spacial score (nSPS) is 28.1. The summed E-state index contributed by atoms with van der Waals surface area (Å²) in [7, 11) is 3.63. The molecule has 1 amide bonds. The maximum absolute atomic E-state index is 11.4. The molecule has 1 saturated heterocycles. The van der Waals surface area contributed by atoms with Crippen molar-refractivity contribution < 1.29 is 9.53 Å². The van der Waals surface area contributed by atoms with Crippen molar-refractivity contribution in [3.63, 3.8) is 0 Å². The number of likely N-dealkylation sites (tertiary alicyclic amines) is 1. The summed E-state index contributed by atoms with van der Waals surface area (Å²) >= 11 is 0. The Morgan fingerprint density at radius 3 is 2.86 bits per heavy atom. The van der Waals surface area contributed by atoms with Crippen molar-refractivity contribution in [1.29, 1.82) is 0 Å². The molecule has 5 nitrogen and oxygen atoms in total. The summed E-state index contributed by atoms with van der Waals surface area (Å²) in [5.74, 6) is -0.266. The van der Waals surface area contributed by atoms with Crippen LogP contribution in [0.5, 0.6) is 0 Å². The Kier molecular flexibility index (Phi) is 3.86. The van der Waals surface area contributed by atoms with E-state index < -0.39 is 5.54 Å². The molecule has 1 fully saturated rings. The fourth-order valence-electron chi connectivity index (χ4n) is 1.83. The summed E-state index contributed by atoms with van der Waals surface area (Å²) in [6.07, 6.45) is 0.780. The molecule has 82 valence electrons. The van der Waals surface area contributed by atoms with Crippen LogP contribution in [-0.2, 0) is 9.53 Å². The van der Waals surface area contributed by atoms with Crippen molar-refractivity contribution in [2.24, 2.45) is 5.73 Å². The molecule has 1 aliphatic rings. The van der Waals surface area contributed by atoms with Gasteiger partial charge in [0.05, 0.1) is 6.61 Å². The topological polar surface area (TPSA) is 67.6 Å². The zero-order chi connectivity index (χ0) is 10.6. The van der Waals surface area contributed by atoms with E-state index in [1.165, 1.54) is 0 Å². The Bertz CT molecular complexity index is 210. The molecule has 14 heavy (non-hydrogen) atoms. The maximum Gasteiger partial charge on any atom is 0.239 e. The lowest BCUT2D eigenvalue weighted by Gasteiger charge is -2.26. The lowest BCUT2D eigenvalue weighted by molar-refractivity contribution is -0.124. The van der Waals surface area contributed by atoms with Crippen LogP contribution in [0, 0.1) is 0 Å². The van der Waals surface area contributed by atoms with Gasteiger partial charge in [0.15, 0.2) is 0 Å². The second-order valence-corrected chi connectivity index (χ2v) is 3.85. The highest BCUT2D eigenvalue weighted by molar-refractivity contribution is 5.85. The van der Waals surface area contributed by atoms with Gasteiger partial charge in [-0.15, -0.1) is 0 Å². The van der Waals surface area contributed by atoms with Gasteiger partial charge in [0.25, 0.3) is 0 Å². The van der Waals surface area contributed by atoms with Gasteiger partial charge >= 0.3 is 0 Å². The lowest BCUT2D eigenvalue weighted by atomic mass is 9.98. The largest absolute Gasteiger partial charge is 0.383 e. The lowest BCUT2D eigenvalue weighted by Crippen LogP contribution is -2.57. The van der Waals surface area contributed by atoms with E-state index in [0.29, 0.717) is 19.7 Å². The van der Waals surface area contributed by atoms with Gasteiger partial charge in [0.1, 0.15) is 5.54 Å². The fourth-order valence-corrected chi connectivity index (χ4v) is 1.83. The van der Waals surface area contributed by atoms with E-state index in [9.17, 15) is 4.79 Å². The predicted octanol–water partition coefficient (Wildman–Crippen LogP) is -1.22. The molecular weight excluding hydrogens is 182 g/mol. The summed E-state index contributed by atoms with van der Waals surface area (Å²) in [4.78, 5) is 13.5. The summed E-state index contributed by atoms with van der Waals surface area (Å²) in [6, 6.07) is 0. The quantitative estimate of drug-likeness (QED) is 0.547. The van der Waals surface area contributed by atoms with Crippen molar-refractivity contribution in [2.75, 3.05) is 40.4 Å². The number of hydrogen-bond acceptors (Lipinski definition) is 4. The van der Waals surface area contributed by atoms with Gasteiger partial charge in [-0.05, 0) is 13.5 Å². The summed E-state index contributed by atoms with van der Waals surface area (Å²) < 4.78 is 4.92. The molecular formula is C9H19N3O2.